The van der Waals surface area contributed by atoms with Gasteiger partial charge in [-0.05, 0) is 36.4 Å². The van der Waals surface area contributed by atoms with Gasteiger partial charge < -0.3 is 15.8 Å². The van der Waals surface area contributed by atoms with Crippen LogP contribution in [0.4, 0.5) is 17.1 Å². The fraction of sp³-hybridized carbons (Fsp3) is 0.0714. The molecule has 0 fully saturated rings. The average Bonchev–Trinajstić information content (AvgIpc) is 2.41. The summed E-state index contributed by atoms with van der Waals surface area (Å²) in [7, 11) is 1.56. The molecule has 0 radical (unpaired) electrons. The topological polar surface area (TPSA) is 71.1 Å². The Morgan fingerprint density at radius 1 is 1.26 bits per heavy atom. The summed E-state index contributed by atoms with van der Waals surface area (Å²) in [5, 5.41) is 12.7. The van der Waals surface area contributed by atoms with Crippen LogP contribution in [-0.4, -0.2) is 7.11 Å². The van der Waals surface area contributed by atoms with E-state index in [1.165, 1.54) is 0 Å². The summed E-state index contributed by atoms with van der Waals surface area (Å²) < 4.78 is 5.08. The van der Waals surface area contributed by atoms with E-state index in [0.717, 1.165) is 5.69 Å². The SMILES string of the molecule is COc1ccc(Nc2ccc(N)cc2C#N)cc1Cl. The van der Waals surface area contributed by atoms with Crippen LogP contribution in [0.15, 0.2) is 36.4 Å². The first-order chi connectivity index (χ1) is 9.13. The molecule has 0 aliphatic carbocycles. The highest BCUT2D eigenvalue weighted by molar-refractivity contribution is 6.32. The number of benzene rings is 2. The van der Waals surface area contributed by atoms with Crippen molar-refractivity contribution in [2.45, 2.75) is 0 Å². The molecule has 96 valence electrons. The molecule has 0 aromatic heterocycles. The second-order valence-electron chi connectivity index (χ2n) is 3.89. The van der Waals surface area contributed by atoms with Crippen molar-refractivity contribution in [1.82, 2.24) is 0 Å². The lowest BCUT2D eigenvalue weighted by Gasteiger charge is -2.10. The number of rotatable bonds is 3. The fourth-order valence-corrected chi connectivity index (χ4v) is 1.92. The minimum absolute atomic E-state index is 0.479. The number of nitriles is 1. The van der Waals surface area contributed by atoms with Gasteiger partial charge in [0.05, 0.1) is 23.4 Å². The van der Waals surface area contributed by atoms with Gasteiger partial charge in [-0.25, -0.2) is 0 Å². The lowest BCUT2D eigenvalue weighted by atomic mass is 10.1. The second kappa shape index (κ2) is 5.51. The molecule has 5 heteroatoms. The van der Waals surface area contributed by atoms with Crippen LogP contribution in [0.3, 0.4) is 0 Å². The van der Waals surface area contributed by atoms with Crippen LogP contribution < -0.4 is 15.8 Å². The summed E-state index contributed by atoms with van der Waals surface area (Å²) in [6.07, 6.45) is 0. The lowest BCUT2D eigenvalue weighted by molar-refractivity contribution is 0.415. The molecule has 0 spiro atoms. The Balaban J connectivity index is 2.31. The largest absolute Gasteiger partial charge is 0.495 e. The quantitative estimate of drug-likeness (QED) is 0.839. The molecule has 0 bridgehead atoms. The molecule has 2 aromatic rings. The van der Waals surface area contributed by atoms with Gasteiger partial charge in [-0.3, -0.25) is 0 Å². The first-order valence-electron chi connectivity index (χ1n) is 5.54. The third-order valence-corrected chi connectivity index (χ3v) is 2.89. The standard InChI is InChI=1S/C14H12ClN3O/c1-19-14-5-3-11(7-12(14)15)18-13-4-2-10(17)6-9(13)8-16/h2-7,18H,17H2,1H3. The van der Waals surface area contributed by atoms with E-state index < -0.39 is 0 Å². The van der Waals surface area contributed by atoms with Crippen molar-refractivity contribution in [2.75, 3.05) is 18.2 Å². The molecule has 0 saturated heterocycles. The highest BCUT2D eigenvalue weighted by Gasteiger charge is 2.05. The Kier molecular flexibility index (Phi) is 3.79. The average molecular weight is 274 g/mol. The number of anilines is 3. The van der Waals surface area contributed by atoms with Crippen LogP contribution in [0.2, 0.25) is 5.02 Å². The first kappa shape index (κ1) is 13.1. The molecular weight excluding hydrogens is 262 g/mol. The number of halogens is 1. The highest BCUT2D eigenvalue weighted by atomic mass is 35.5. The molecule has 4 nitrogen and oxygen atoms in total. The smallest absolute Gasteiger partial charge is 0.137 e. The molecule has 0 unspecified atom stereocenters. The minimum atomic E-state index is 0.479. The van der Waals surface area contributed by atoms with Crippen LogP contribution in [-0.2, 0) is 0 Å². The third kappa shape index (κ3) is 2.90. The van der Waals surface area contributed by atoms with Crippen molar-refractivity contribution in [1.29, 1.82) is 5.26 Å². The molecule has 19 heavy (non-hydrogen) atoms. The van der Waals surface area contributed by atoms with Crippen LogP contribution in [0.1, 0.15) is 5.56 Å². The van der Waals surface area contributed by atoms with Crippen LogP contribution in [0, 0.1) is 11.3 Å². The number of hydrogen-bond donors (Lipinski definition) is 2. The van der Waals surface area contributed by atoms with E-state index in [2.05, 4.69) is 11.4 Å². The summed E-state index contributed by atoms with van der Waals surface area (Å²) in [6, 6.07) is 12.5. The predicted molar refractivity (Wildman–Crippen MR) is 76.9 cm³/mol. The summed E-state index contributed by atoms with van der Waals surface area (Å²) in [4.78, 5) is 0. The molecule has 0 amide bonds. The van der Waals surface area contributed by atoms with Crippen molar-refractivity contribution >= 4 is 28.7 Å². The van der Waals surface area contributed by atoms with E-state index in [-0.39, 0.29) is 0 Å². The van der Waals surface area contributed by atoms with E-state index in [1.807, 2.05) is 6.07 Å². The van der Waals surface area contributed by atoms with Gasteiger partial charge in [0.15, 0.2) is 0 Å². The van der Waals surface area contributed by atoms with E-state index in [9.17, 15) is 0 Å². The Morgan fingerprint density at radius 3 is 2.68 bits per heavy atom. The Morgan fingerprint density at radius 2 is 2.05 bits per heavy atom. The van der Waals surface area contributed by atoms with Crippen molar-refractivity contribution in [2.24, 2.45) is 0 Å². The normalized spacial score (nSPS) is 9.74. The zero-order valence-corrected chi connectivity index (χ0v) is 11.0. The van der Waals surface area contributed by atoms with Gasteiger partial charge in [0, 0.05) is 11.4 Å². The Labute approximate surface area is 116 Å². The number of methoxy groups -OCH3 is 1. The van der Waals surface area contributed by atoms with Crippen molar-refractivity contribution in [3.63, 3.8) is 0 Å². The molecule has 0 saturated carbocycles. The molecule has 0 heterocycles. The Bertz CT molecular complexity index is 650. The maximum atomic E-state index is 9.07. The third-order valence-electron chi connectivity index (χ3n) is 2.59. The summed E-state index contributed by atoms with van der Waals surface area (Å²) >= 11 is 6.04. The molecule has 0 aliphatic heterocycles. The zero-order valence-electron chi connectivity index (χ0n) is 10.3. The summed E-state index contributed by atoms with van der Waals surface area (Å²) in [5.41, 5.74) is 8.12. The number of nitrogens with zero attached hydrogens (tertiary/aromatic N) is 1. The fourth-order valence-electron chi connectivity index (χ4n) is 1.66. The summed E-state index contributed by atoms with van der Waals surface area (Å²) in [5.74, 6) is 0.602. The first-order valence-corrected chi connectivity index (χ1v) is 5.92. The van der Waals surface area contributed by atoms with Crippen molar-refractivity contribution in [3.8, 4) is 11.8 Å². The molecule has 0 aliphatic rings. The van der Waals surface area contributed by atoms with Crippen molar-refractivity contribution in [3.05, 3.63) is 47.0 Å². The van der Waals surface area contributed by atoms with Crippen LogP contribution in [0.5, 0.6) is 5.75 Å². The number of nitrogens with one attached hydrogen (secondary N) is 1. The maximum absolute atomic E-state index is 9.07. The molecule has 3 N–H and O–H groups in total. The maximum Gasteiger partial charge on any atom is 0.137 e. The summed E-state index contributed by atoms with van der Waals surface area (Å²) in [6.45, 7) is 0. The van der Waals surface area contributed by atoms with Crippen LogP contribution in [0.25, 0.3) is 0 Å². The highest BCUT2D eigenvalue weighted by Crippen LogP contribution is 2.30. The van der Waals surface area contributed by atoms with Gasteiger partial charge in [-0.1, -0.05) is 11.6 Å². The monoisotopic (exact) mass is 273 g/mol. The van der Waals surface area contributed by atoms with Gasteiger partial charge in [0.1, 0.15) is 11.8 Å². The molecule has 2 aromatic carbocycles. The molecule has 0 atom stereocenters. The van der Waals surface area contributed by atoms with Crippen molar-refractivity contribution < 1.29 is 4.74 Å². The second-order valence-corrected chi connectivity index (χ2v) is 4.30. The van der Waals surface area contributed by atoms with Crippen LogP contribution >= 0.6 is 11.6 Å². The van der Waals surface area contributed by atoms with E-state index in [4.69, 9.17) is 27.3 Å². The lowest BCUT2D eigenvalue weighted by Crippen LogP contribution is -1.96. The van der Waals surface area contributed by atoms with Gasteiger partial charge in [-0.2, -0.15) is 5.26 Å². The number of hydrogen-bond acceptors (Lipinski definition) is 4. The number of nitrogens with two attached hydrogens (primary N) is 1. The molecular formula is C14H12ClN3O. The van der Waals surface area contributed by atoms with Gasteiger partial charge in [-0.15, -0.1) is 0 Å². The Hall–Kier alpha value is -2.38. The number of nitrogen functional groups attached to an aromatic ring is 1. The number of ether oxygens (including phenoxy) is 1. The zero-order chi connectivity index (χ0) is 13.8. The van der Waals surface area contributed by atoms with Gasteiger partial charge in [0.25, 0.3) is 0 Å². The molecule has 2 rings (SSSR count). The predicted octanol–water partition coefficient (Wildman–Crippen LogP) is 3.55. The van der Waals surface area contributed by atoms with E-state index in [1.54, 1.807) is 37.4 Å². The van der Waals surface area contributed by atoms with E-state index >= 15 is 0 Å². The minimum Gasteiger partial charge on any atom is -0.495 e. The van der Waals surface area contributed by atoms with E-state index in [0.29, 0.717) is 27.7 Å². The van der Waals surface area contributed by atoms with Gasteiger partial charge in [0.2, 0.25) is 0 Å². The van der Waals surface area contributed by atoms with Gasteiger partial charge >= 0.3 is 0 Å².